The normalized spacial score (nSPS) is 11.3. The van der Waals surface area contributed by atoms with Crippen molar-refractivity contribution >= 4 is 5.70 Å². The molecule has 0 spiro atoms. The predicted molar refractivity (Wildman–Crippen MR) is 106 cm³/mol. The van der Waals surface area contributed by atoms with Gasteiger partial charge in [0.05, 0.1) is 12.3 Å². The molecule has 2 aromatic rings. The number of aromatic nitrogens is 3. The van der Waals surface area contributed by atoms with Gasteiger partial charge in [-0.3, -0.25) is 9.59 Å². The second-order valence-electron chi connectivity index (χ2n) is 6.14. The number of rotatable bonds is 8. The molecule has 0 aliphatic rings. The lowest BCUT2D eigenvalue weighted by Crippen LogP contribution is -2.23. The van der Waals surface area contributed by atoms with Gasteiger partial charge >= 0.3 is 6.01 Å². The van der Waals surface area contributed by atoms with Gasteiger partial charge in [0.25, 0.3) is 5.56 Å². The summed E-state index contributed by atoms with van der Waals surface area (Å²) in [7, 11) is 1.57. The summed E-state index contributed by atoms with van der Waals surface area (Å²) in [6.07, 6.45) is 5.96. The summed E-state index contributed by atoms with van der Waals surface area (Å²) < 4.78 is 12.2. The summed E-state index contributed by atoms with van der Waals surface area (Å²) in [6, 6.07) is 4.66. The van der Waals surface area contributed by atoms with Crippen molar-refractivity contribution in [3.8, 4) is 17.3 Å². The minimum absolute atomic E-state index is 0.171. The lowest BCUT2D eigenvalue weighted by molar-refractivity contribution is 0.139. The van der Waals surface area contributed by atoms with Crippen molar-refractivity contribution in [1.82, 2.24) is 14.5 Å². The first-order chi connectivity index (χ1) is 13.0. The third kappa shape index (κ3) is 5.52. The highest BCUT2D eigenvalue weighted by Gasteiger charge is 2.14. The van der Waals surface area contributed by atoms with Crippen LogP contribution in [0.2, 0.25) is 0 Å². The maximum Gasteiger partial charge on any atom is 0.304 e. The molecule has 27 heavy (non-hydrogen) atoms. The first-order valence-electron chi connectivity index (χ1n) is 8.75. The molecule has 0 amide bonds. The zero-order chi connectivity index (χ0) is 19.8. The maximum absolute atomic E-state index is 12.9. The molecule has 2 rings (SSSR count). The van der Waals surface area contributed by atoms with Crippen LogP contribution >= 0.6 is 0 Å². The number of H-pyrrole nitrogens is 1. The number of allylic oxidation sites excluding steroid dienone is 4. The fourth-order valence-electron chi connectivity index (χ4n) is 2.40. The van der Waals surface area contributed by atoms with Crippen molar-refractivity contribution in [3.05, 3.63) is 62.8 Å². The van der Waals surface area contributed by atoms with Crippen LogP contribution in [0.3, 0.4) is 0 Å². The Morgan fingerprint density at radius 1 is 1.22 bits per heavy atom. The first-order valence-corrected chi connectivity index (χ1v) is 8.75. The molecule has 2 heterocycles. The van der Waals surface area contributed by atoms with E-state index in [4.69, 9.17) is 9.47 Å². The Kier molecular flexibility index (Phi) is 7.31. The topological polar surface area (TPSA) is 86.2 Å². The Morgan fingerprint density at radius 2 is 2.00 bits per heavy atom. The number of nitrogens with zero attached hydrogens (tertiary/aromatic N) is 2. The molecule has 144 valence electrons. The van der Waals surface area contributed by atoms with E-state index in [1.54, 1.807) is 13.2 Å². The third-order valence-corrected chi connectivity index (χ3v) is 3.74. The minimum atomic E-state index is -0.275. The van der Waals surface area contributed by atoms with Crippen molar-refractivity contribution in [2.75, 3.05) is 20.3 Å². The van der Waals surface area contributed by atoms with E-state index in [0.29, 0.717) is 24.3 Å². The quantitative estimate of drug-likeness (QED) is 0.570. The van der Waals surface area contributed by atoms with Gasteiger partial charge in [0, 0.05) is 36.7 Å². The highest BCUT2D eigenvalue weighted by molar-refractivity contribution is 5.59. The van der Waals surface area contributed by atoms with E-state index < -0.39 is 0 Å². The van der Waals surface area contributed by atoms with Crippen LogP contribution < -0.4 is 15.9 Å². The summed E-state index contributed by atoms with van der Waals surface area (Å²) >= 11 is 0. The second kappa shape index (κ2) is 9.68. The van der Waals surface area contributed by atoms with Crippen LogP contribution in [0.4, 0.5) is 0 Å². The standard InChI is InChI=1S/C20H25N3O4/c1-5-16(7-6-14(2)3)23-19(25)13-17(15-8-9-21-18(24)12-15)22-20(23)27-11-10-26-4/h6-9,12-13H,5,10-11H2,1-4H3,(H,21,24)/b16-7+. The number of hydrogen-bond donors (Lipinski definition) is 1. The zero-order valence-corrected chi connectivity index (χ0v) is 16.1. The molecular formula is C20H25N3O4. The fourth-order valence-corrected chi connectivity index (χ4v) is 2.40. The van der Waals surface area contributed by atoms with Crippen molar-refractivity contribution in [2.45, 2.75) is 27.2 Å². The van der Waals surface area contributed by atoms with Crippen molar-refractivity contribution < 1.29 is 9.47 Å². The number of aromatic amines is 1. The van der Waals surface area contributed by atoms with Gasteiger partial charge < -0.3 is 14.5 Å². The molecule has 0 saturated carbocycles. The van der Waals surface area contributed by atoms with Gasteiger partial charge in [-0.2, -0.15) is 4.98 Å². The smallest absolute Gasteiger partial charge is 0.304 e. The van der Waals surface area contributed by atoms with Gasteiger partial charge in [0.2, 0.25) is 5.56 Å². The number of hydrogen-bond acceptors (Lipinski definition) is 5. The van der Waals surface area contributed by atoms with E-state index >= 15 is 0 Å². The Labute approximate surface area is 158 Å². The Morgan fingerprint density at radius 3 is 2.63 bits per heavy atom. The lowest BCUT2D eigenvalue weighted by Gasteiger charge is -2.15. The van der Waals surface area contributed by atoms with Gasteiger partial charge in [0.1, 0.15) is 6.61 Å². The van der Waals surface area contributed by atoms with Crippen molar-refractivity contribution in [2.24, 2.45) is 0 Å². The van der Waals surface area contributed by atoms with E-state index in [2.05, 4.69) is 9.97 Å². The summed E-state index contributed by atoms with van der Waals surface area (Å²) in [5.74, 6) is 0. The molecule has 0 bridgehead atoms. The molecule has 0 radical (unpaired) electrons. The molecular weight excluding hydrogens is 346 g/mol. The molecule has 1 N–H and O–H groups in total. The SMILES string of the molecule is CC/C(=C\C=C(C)C)n1c(OCCOC)nc(-c2cc[nH]c(=O)c2)cc1=O. The van der Waals surface area contributed by atoms with Crippen LogP contribution in [-0.4, -0.2) is 34.9 Å². The van der Waals surface area contributed by atoms with E-state index in [9.17, 15) is 9.59 Å². The van der Waals surface area contributed by atoms with Crippen LogP contribution in [0, 0.1) is 0 Å². The average Bonchev–Trinajstić information content (AvgIpc) is 2.63. The molecule has 0 fully saturated rings. The van der Waals surface area contributed by atoms with Crippen molar-refractivity contribution in [3.63, 3.8) is 0 Å². The average molecular weight is 371 g/mol. The maximum atomic E-state index is 12.9. The van der Waals surface area contributed by atoms with Crippen LogP contribution in [0.5, 0.6) is 6.01 Å². The molecule has 0 unspecified atom stereocenters. The molecule has 0 aromatic carbocycles. The van der Waals surface area contributed by atoms with Gasteiger partial charge in [0.15, 0.2) is 0 Å². The largest absolute Gasteiger partial charge is 0.462 e. The minimum Gasteiger partial charge on any atom is -0.462 e. The molecule has 2 aromatic heterocycles. The van der Waals surface area contributed by atoms with Crippen molar-refractivity contribution in [1.29, 1.82) is 0 Å². The third-order valence-electron chi connectivity index (χ3n) is 3.74. The molecule has 0 aliphatic carbocycles. The fraction of sp³-hybridized carbons (Fsp3) is 0.350. The zero-order valence-electron chi connectivity index (χ0n) is 16.1. The van der Waals surface area contributed by atoms with Gasteiger partial charge in [-0.05, 0) is 32.4 Å². The Hall–Kier alpha value is -2.93. The number of nitrogens with one attached hydrogen (secondary N) is 1. The first kappa shape index (κ1) is 20.4. The van der Waals surface area contributed by atoms with E-state index in [-0.39, 0.29) is 23.7 Å². The summed E-state index contributed by atoms with van der Waals surface area (Å²) in [4.78, 5) is 31.5. The number of ether oxygens (including phenoxy) is 2. The van der Waals surface area contributed by atoms with E-state index in [1.165, 1.54) is 22.9 Å². The van der Waals surface area contributed by atoms with Gasteiger partial charge in [-0.25, -0.2) is 4.57 Å². The highest BCUT2D eigenvalue weighted by Crippen LogP contribution is 2.20. The Balaban J connectivity index is 2.61. The van der Waals surface area contributed by atoms with Crippen LogP contribution in [0.25, 0.3) is 17.0 Å². The Bertz CT molecular complexity index is 950. The predicted octanol–water partition coefficient (Wildman–Crippen LogP) is 2.84. The van der Waals surface area contributed by atoms with Gasteiger partial charge in [-0.15, -0.1) is 0 Å². The second-order valence-corrected chi connectivity index (χ2v) is 6.14. The monoisotopic (exact) mass is 371 g/mol. The number of pyridine rings is 1. The molecule has 0 atom stereocenters. The van der Waals surface area contributed by atoms with Crippen LogP contribution in [0.1, 0.15) is 27.2 Å². The molecule has 7 heteroatoms. The highest BCUT2D eigenvalue weighted by atomic mass is 16.5. The molecule has 7 nitrogen and oxygen atoms in total. The molecule has 0 saturated heterocycles. The van der Waals surface area contributed by atoms with Crippen LogP contribution in [0.15, 0.2) is 51.7 Å². The summed E-state index contributed by atoms with van der Waals surface area (Å²) in [5.41, 5.74) is 2.27. The lowest BCUT2D eigenvalue weighted by atomic mass is 10.2. The van der Waals surface area contributed by atoms with Gasteiger partial charge in [-0.1, -0.05) is 18.6 Å². The number of methoxy groups -OCH3 is 1. The summed E-state index contributed by atoms with van der Waals surface area (Å²) in [5, 5.41) is 0. The van der Waals surface area contributed by atoms with E-state index in [0.717, 1.165) is 11.3 Å². The van der Waals surface area contributed by atoms with E-state index in [1.807, 2.05) is 32.9 Å². The summed E-state index contributed by atoms with van der Waals surface area (Å²) in [6.45, 7) is 6.54. The molecule has 0 aliphatic heterocycles. The van der Waals surface area contributed by atoms with Crippen LogP contribution in [-0.2, 0) is 4.74 Å².